The molecule has 1 amide bonds. The highest BCUT2D eigenvalue weighted by atomic mass is 16.6. The second-order valence-electron chi connectivity index (χ2n) is 31.9. The number of carbonyl (C=O) groups excluding carboxylic acids is 5. The van der Waals surface area contributed by atoms with Crippen molar-refractivity contribution in [3.63, 3.8) is 0 Å². The summed E-state index contributed by atoms with van der Waals surface area (Å²) in [5.74, 6) is -7.03. The normalized spacial score (nSPS) is 28.7. The smallest absolute Gasteiger partial charge is 0.329 e. The summed E-state index contributed by atoms with van der Waals surface area (Å²) in [6, 6.07) is 4.44. The number of piperidine rings is 1. The van der Waals surface area contributed by atoms with Crippen molar-refractivity contribution in [3.8, 4) is 11.3 Å². The van der Waals surface area contributed by atoms with Gasteiger partial charge in [-0.2, -0.15) is 10.1 Å². The van der Waals surface area contributed by atoms with Crippen LogP contribution in [0.25, 0.3) is 33.4 Å². The van der Waals surface area contributed by atoms with Gasteiger partial charge in [0.05, 0.1) is 114 Å². The molecule has 3 fully saturated rings. The Labute approximate surface area is 688 Å². The number of fused-ring (bicyclic) bond motifs is 5. The largest absolute Gasteiger partial charge is 0.460 e. The summed E-state index contributed by atoms with van der Waals surface area (Å²) in [5, 5.41) is 57.2. The number of ketones is 3. The van der Waals surface area contributed by atoms with Gasteiger partial charge in [0.1, 0.15) is 53.5 Å². The van der Waals surface area contributed by atoms with Crippen molar-refractivity contribution in [3.05, 3.63) is 72.1 Å². The van der Waals surface area contributed by atoms with Gasteiger partial charge in [-0.3, -0.25) is 19.2 Å². The number of methoxy groups -OCH3 is 3. The lowest BCUT2D eigenvalue weighted by molar-refractivity contribution is -0.265. The van der Waals surface area contributed by atoms with E-state index >= 15 is 0 Å². The van der Waals surface area contributed by atoms with Gasteiger partial charge in [0.25, 0.3) is 17.7 Å². The Morgan fingerprint density at radius 2 is 1.41 bits per heavy atom. The van der Waals surface area contributed by atoms with Crippen LogP contribution in [0.3, 0.4) is 0 Å². The van der Waals surface area contributed by atoms with Crippen LogP contribution in [0.2, 0.25) is 0 Å². The Morgan fingerprint density at radius 3 is 2.10 bits per heavy atom. The molecule has 652 valence electrons. The molecule has 8 rings (SSSR count). The van der Waals surface area contributed by atoms with E-state index in [4.69, 9.17) is 77.9 Å². The number of amides is 1. The van der Waals surface area contributed by atoms with Crippen molar-refractivity contribution in [2.75, 3.05) is 125 Å². The Hall–Kier alpha value is -7.34. The summed E-state index contributed by atoms with van der Waals surface area (Å²) < 4.78 is 71.4. The molecule has 3 aromatic heterocycles. The van der Waals surface area contributed by atoms with Gasteiger partial charge in [-0.1, -0.05) is 82.7 Å². The quantitative estimate of drug-likeness (QED) is 0.00799. The third kappa shape index (κ3) is 29.2. The molecule has 0 radical (unpaired) electrons. The van der Waals surface area contributed by atoms with E-state index in [1.54, 1.807) is 47.1 Å². The molecule has 1 aromatic carbocycles. The number of aliphatic hydroxyl groups is 4. The predicted molar refractivity (Wildman–Crippen MR) is 439 cm³/mol. The van der Waals surface area contributed by atoms with Gasteiger partial charge in [-0.15, -0.1) is 0 Å². The molecule has 0 spiro atoms. The molecule has 117 heavy (non-hydrogen) atoms. The number of allylic oxidation sites excluding steroid dienone is 5. The number of nitrogens with zero attached hydrogens (tertiary/aromatic N) is 7. The number of carbonyl (C=O) groups is 5. The number of hydrogen-bond acceptors (Lipinski definition) is 29. The summed E-state index contributed by atoms with van der Waals surface area (Å²) >= 11 is 0. The van der Waals surface area contributed by atoms with Crippen LogP contribution in [-0.2, 0) is 87.5 Å². The number of cyclic esters (lactones) is 1. The lowest BCUT2D eigenvalue weighted by Gasteiger charge is -2.43. The molecule has 1 saturated carbocycles. The number of oxazole rings is 1. The minimum absolute atomic E-state index is 0.0210. The zero-order chi connectivity index (χ0) is 84.4. The average Bonchev–Trinajstić information content (AvgIpc) is 1.73. The van der Waals surface area contributed by atoms with Crippen LogP contribution in [-0.4, -0.2) is 259 Å². The zero-order valence-corrected chi connectivity index (χ0v) is 70.4. The lowest BCUT2D eigenvalue weighted by Crippen LogP contribution is -2.61. The number of oxime groups is 1. The van der Waals surface area contributed by atoms with Gasteiger partial charge in [0.15, 0.2) is 23.6 Å². The SMILES string of the molecule is CO[C@H]1C[C@@H]2CC[C@@H](C)[C@@](O)(O2)C(=O)C(=O)N2CCCC[C@H]2C(=O)O[C@H]([C@H](C)C[C@@H]2CC[C@@H](O)[C@H](OC)C2)C[C@@H](O)[C@H](C)/C=C(\C)[C@@H](O)[C@@H](OC)C(=NOCC(=O)CCCOCCOCCOCCOCCOCCOCCC(=O)CCCCCn2nc(-c3ccc4oc(N)nc4c3)c3c(N)ncnc32)[C@H](C)C[C@H](C)/C=C/C=C/C=C/1C. The number of aromatic nitrogens is 5. The molecule has 31 heteroatoms. The minimum Gasteiger partial charge on any atom is -0.460 e. The first-order valence-electron chi connectivity index (χ1n) is 42.0. The van der Waals surface area contributed by atoms with Crippen molar-refractivity contribution in [1.29, 1.82) is 0 Å². The maximum atomic E-state index is 14.7. The van der Waals surface area contributed by atoms with Gasteiger partial charge in [0.2, 0.25) is 5.79 Å². The number of hydrogen-bond donors (Lipinski definition) is 6. The highest BCUT2D eigenvalue weighted by Crippen LogP contribution is 2.39. The Morgan fingerprint density at radius 1 is 0.718 bits per heavy atom. The Balaban J connectivity index is 0.734. The number of nitrogens with two attached hydrogens (primary N) is 2. The van der Waals surface area contributed by atoms with E-state index in [1.165, 1.54) is 18.3 Å². The van der Waals surface area contributed by atoms with E-state index < -0.39 is 84.1 Å². The number of anilines is 2. The van der Waals surface area contributed by atoms with E-state index in [1.807, 2.05) is 68.0 Å². The van der Waals surface area contributed by atoms with E-state index in [0.717, 1.165) is 30.4 Å². The van der Waals surface area contributed by atoms with Gasteiger partial charge in [0, 0.05) is 96.4 Å². The minimum atomic E-state index is -2.46. The predicted octanol–water partition coefficient (Wildman–Crippen LogP) is 9.56. The van der Waals surface area contributed by atoms with Crippen molar-refractivity contribution in [2.24, 2.45) is 40.7 Å². The van der Waals surface area contributed by atoms with E-state index in [0.29, 0.717) is 208 Å². The first-order chi connectivity index (χ1) is 56.3. The van der Waals surface area contributed by atoms with Crippen LogP contribution in [0.1, 0.15) is 170 Å². The van der Waals surface area contributed by atoms with Crippen molar-refractivity contribution in [2.45, 2.75) is 238 Å². The van der Waals surface area contributed by atoms with Crippen LogP contribution in [0.4, 0.5) is 11.8 Å². The fraction of sp³-hybridized carbons (Fsp3) is 0.698. The van der Waals surface area contributed by atoms with Crippen LogP contribution < -0.4 is 11.5 Å². The molecule has 8 N–H and O–H groups in total. The number of ether oxygens (including phenoxy) is 11. The molecule has 4 aromatic rings. The van der Waals surface area contributed by atoms with Gasteiger partial charge in [-0.05, 0) is 144 Å². The number of Topliss-reactive ketones (excluding diaryl/α,β-unsaturated/α-hetero) is 3. The van der Waals surface area contributed by atoms with E-state index in [-0.39, 0.29) is 86.2 Å². The molecule has 31 nitrogen and oxygen atoms in total. The number of esters is 1. The Bertz CT molecular complexity index is 3900. The first kappa shape index (κ1) is 95.1. The maximum absolute atomic E-state index is 14.7. The molecule has 6 heterocycles. The molecule has 4 aliphatic rings. The third-order valence-electron chi connectivity index (χ3n) is 22.8. The summed E-state index contributed by atoms with van der Waals surface area (Å²) in [6.45, 7) is 17.8. The van der Waals surface area contributed by atoms with Crippen molar-refractivity contribution >= 4 is 68.9 Å². The van der Waals surface area contributed by atoms with Crippen LogP contribution >= 0.6 is 0 Å². The Kier molecular flexibility index (Phi) is 40.2. The van der Waals surface area contributed by atoms with Crippen LogP contribution in [0, 0.1) is 35.5 Å². The topological polar surface area (TPSA) is 414 Å². The number of benzene rings is 1. The molecule has 2 bridgehead atoms. The van der Waals surface area contributed by atoms with Gasteiger partial charge in [-0.25, -0.2) is 19.4 Å². The molecule has 16 atom stereocenters. The maximum Gasteiger partial charge on any atom is 0.329 e. The first-order valence-corrected chi connectivity index (χ1v) is 42.0. The molecular weight excluding hydrogens is 1510 g/mol. The molecule has 1 aliphatic carbocycles. The van der Waals surface area contributed by atoms with Crippen molar-refractivity contribution < 1.29 is 106 Å². The van der Waals surface area contributed by atoms with E-state index in [9.17, 15) is 44.4 Å². The standard InChI is InChI=1S/C86H131N9O22/c1-55-20-13-11-14-21-56(2)72(105-8)51-66-28-25-61(7)86(104,117-66)80(101)83(102)94-32-18-16-24-68(94)84(103)115-73(58(4)48-62-26-29-69(98)74(49-62)106-9)52-70(99)57(3)47-60(6)78(100)79(107-10)76(59(5)46-55)93-114-53-65(97)23-19-34-108-36-38-110-40-42-112-44-45-113-43-41-111-39-37-109-35-31-64(96)22-15-12-17-33-95-82-75(81(87)89-54-90-82)77(92-95)63-27-30-71-67(50-63)91-85(88)116-71/h11,13-14,20-21,27,30,47,50,54-55,57-59,61-62,66,68-70,72-74,78-79,98-100,104H,12,15-19,22-26,28-29,31-46,48-49,51-53H2,1-10H3,(H2,88,91)(H2,87,89,90)/b14-11+,20-13+,56-21+,60-47+,93-76?/t55-,57-,58-,59-,61-,62+,66+,68+,69-,70-,72+,73+,74-,78-,79+,86-/m1/s1. The van der Waals surface area contributed by atoms with Gasteiger partial charge < -0.3 is 98.2 Å². The molecular formula is C86H131N9O22. The molecule has 0 unspecified atom stereocenters. The van der Waals surface area contributed by atoms with Crippen LogP contribution in [0.5, 0.6) is 0 Å². The summed E-state index contributed by atoms with van der Waals surface area (Å²) in [7, 11) is 4.61. The lowest BCUT2D eigenvalue weighted by atomic mass is 9.78. The number of aryl methyl sites for hydroxylation is 1. The number of unbranched alkanes of at least 4 members (excludes halogenated alkanes) is 2. The third-order valence-corrected chi connectivity index (χ3v) is 22.8. The highest BCUT2D eigenvalue weighted by Gasteiger charge is 2.53. The van der Waals surface area contributed by atoms with Crippen LogP contribution in [0.15, 0.2) is 81.7 Å². The fourth-order valence-corrected chi connectivity index (χ4v) is 15.8. The second kappa shape index (κ2) is 49.4. The number of aliphatic hydroxyl groups excluding tert-OH is 3. The fourth-order valence-electron chi connectivity index (χ4n) is 15.8. The highest BCUT2D eigenvalue weighted by molar-refractivity contribution is 6.39. The number of nitrogen functional groups attached to an aromatic ring is 2. The average molecular weight is 1640 g/mol. The summed E-state index contributed by atoms with van der Waals surface area (Å²) in [4.78, 5) is 89.4. The van der Waals surface area contributed by atoms with E-state index in [2.05, 4.69) is 27.0 Å². The molecule has 2 saturated heterocycles. The second-order valence-corrected chi connectivity index (χ2v) is 31.9. The molecule has 3 aliphatic heterocycles. The summed E-state index contributed by atoms with van der Waals surface area (Å²) in [6.07, 6.45) is 15.6. The van der Waals surface area contributed by atoms with Crippen molar-refractivity contribution in [1.82, 2.24) is 29.6 Å². The van der Waals surface area contributed by atoms with Gasteiger partial charge >= 0.3 is 5.97 Å². The zero-order valence-electron chi connectivity index (χ0n) is 70.4. The summed E-state index contributed by atoms with van der Waals surface area (Å²) in [5.41, 5.74) is 17.0. The number of rotatable bonds is 38. The monoisotopic (exact) mass is 1640 g/mol.